The van der Waals surface area contributed by atoms with Crippen LogP contribution in [0.3, 0.4) is 0 Å². The number of rotatable bonds is 4. The van der Waals surface area contributed by atoms with Crippen molar-refractivity contribution in [1.82, 2.24) is 0 Å². The molecule has 0 aliphatic heterocycles. The van der Waals surface area contributed by atoms with Crippen molar-refractivity contribution in [3.8, 4) is 5.75 Å². The van der Waals surface area contributed by atoms with Crippen LogP contribution in [0.25, 0.3) is 5.57 Å². The third kappa shape index (κ3) is 3.47. The van der Waals surface area contributed by atoms with Crippen molar-refractivity contribution in [2.75, 3.05) is 0 Å². The number of benzene rings is 2. The molecule has 0 bridgehead atoms. The molecule has 2 aromatic rings. The molecule has 19 heavy (non-hydrogen) atoms. The maximum absolute atomic E-state index is 9.67. The molecular weight excluding hydrogens is 232 g/mol. The zero-order valence-electron chi connectivity index (χ0n) is 11.6. The molecule has 1 heteroatoms. The summed E-state index contributed by atoms with van der Waals surface area (Å²) in [7, 11) is 0. The number of phenols is 1. The van der Waals surface area contributed by atoms with E-state index < -0.39 is 0 Å². The van der Waals surface area contributed by atoms with Gasteiger partial charge in [0.25, 0.3) is 0 Å². The van der Waals surface area contributed by atoms with Crippen molar-refractivity contribution in [2.45, 2.75) is 26.7 Å². The number of aromatic hydroxyl groups is 1. The summed E-state index contributed by atoms with van der Waals surface area (Å²) in [6.45, 7) is 4.15. The Bertz CT molecular complexity index is 567. The van der Waals surface area contributed by atoms with E-state index in [1.807, 2.05) is 25.1 Å². The van der Waals surface area contributed by atoms with E-state index in [0.29, 0.717) is 5.75 Å². The number of phenolic OH excluding ortho intramolecular Hbond substituents is 1. The first kappa shape index (κ1) is 13.4. The number of hydrogen-bond donors (Lipinski definition) is 1. The van der Waals surface area contributed by atoms with Crippen LogP contribution < -0.4 is 0 Å². The molecule has 1 nitrogen and oxygen atoms in total. The van der Waals surface area contributed by atoms with Gasteiger partial charge in [-0.05, 0) is 61.1 Å². The molecule has 0 aliphatic carbocycles. The van der Waals surface area contributed by atoms with Gasteiger partial charge in [-0.1, -0.05) is 42.5 Å². The van der Waals surface area contributed by atoms with Gasteiger partial charge in [0.1, 0.15) is 5.75 Å². The Kier molecular flexibility index (Phi) is 4.40. The van der Waals surface area contributed by atoms with E-state index in [1.165, 1.54) is 22.3 Å². The minimum atomic E-state index is 0.343. The minimum Gasteiger partial charge on any atom is -0.508 e. The monoisotopic (exact) mass is 252 g/mol. The average Bonchev–Trinajstić information content (AvgIpc) is 2.45. The van der Waals surface area contributed by atoms with E-state index >= 15 is 0 Å². The Labute approximate surface area is 115 Å². The summed E-state index contributed by atoms with van der Waals surface area (Å²) in [5.74, 6) is 0.343. The Morgan fingerprint density at radius 1 is 1.05 bits per heavy atom. The largest absolute Gasteiger partial charge is 0.508 e. The molecule has 0 saturated heterocycles. The zero-order valence-corrected chi connectivity index (χ0v) is 11.6. The van der Waals surface area contributed by atoms with Crippen molar-refractivity contribution in [2.24, 2.45) is 0 Å². The van der Waals surface area contributed by atoms with E-state index in [2.05, 4.69) is 37.3 Å². The predicted octanol–water partition coefficient (Wildman–Crippen LogP) is 4.60. The van der Waals surface area contributed by atoms with Crippen LogP contribution in [0.4, 0.5) is 0 Å². The Hall–Kier alpha value is -2.02. The Morgan fingerprint density at radius 2 is 1.79 bits per heavy atom. The van der Waals surface area contributed by atoms with Gasteiger partial charge in [-0.25, -0.2) is 0 Å². The smallest absolute Gasteiger partial charge is 0.115 e. The van der Waals surface area contributed by atoms with Crippen LogP contribution in [0, 0.1) is 0 Å². The molecule has 2 rings (SSSR count). The van der Waals surface area contributed by atoms with Crippen molar-refractivity contribution >= 4 is 5.57 Å². The molecule has 0 unspecified atom stereocenters. The van der Waals surface area contributed by atoms with E-state index in [9.17, 15) is 5.11 Å². The molecule has 1 N–H and O–H groups in total. The SMILES string of the molecule is CC=C(C)c1ccc(O)cc1CCc1ccccc1. The lowest BCUT2D eigenvalue weighted by Gasteiger charge is -2.11. The third-order valence-electron chi connectivity index (χ3n) is 3.47. The number of aryl methyl sites for hydroxylation is 2. The van der Waals surface area contributed by atoms with Gasteiger partial charge >= 0.3 is 0 Å². The summed E-state index contributed by atoms with van der Waals surface area (Å²) in [6.07, 6.45) is 4.05. The van der Waals surface area contributed by atoms with E-state index in [4.69, 9.17) is 0 Å². The van der Waals surface area contributed by atoms with Crippen LogP contribution in [-0.2, 0) is 12.8 Å². The van der Waals surface area contributed by atoms with Crippen LogP contribution >= 0.6 is 0 Å². The molecule has 2 aromatic carbocycles. The summed E-state index contributed by atoms with van der Waals surface area (Å²) >= 11 is 0. The highest BCUT2D eigenvalue weighted by atomic mass is 16.3. The molecule has 0 fully saturated rings. The fourth-order valence-electron chi connectivity index (χ4n) is 2.25. The quantitative estimate of drug-likeness (QED) is 0.843. The average molecular weight is 252 g/mol. The van der Waals surface area contributed by atoms with Gasteiger partial charge in [0, 0.05) is 0 Å². The molecule has 0 heterocycles. The van der Waals surface area contributed by atoms with Crippen molar-refractivity contribution in [3.63, 3.8) is 0 Å². The van der Waals surface area contributed by atoms with E-state index in [0.717, 1.165) is 12.8 Å². The van der Waals surface area contributed by atoms with E-state index in [-0.39, 0.29) is 0 Å². The van der Waals surface area contributed by atoms with Gasteiger partial charge < -0.3 is 5.11 Å². The molecule has 0 aromatic heterocycles. The zero-order chi connectivity index (χ0) is 13.7. The fraction of sp³-hybridized carbons (Fsp3) is 0.222. The summed E-state index contributed by atoms with van der Waals surface area (Å²) < 4.78 is 0. The van der Waals surface area contributed by atoms with Crippen LogP contribution in [0.2, 0.25) is 0 Å². The van der Waals surface area contributed by atoms with Crippen LogP contribution in [0.15, 0.2) is 54.6 Å². The van der Waals surface area contributed by atoms with Crippen LogP contribution in [0.5, 0.6) is 5.75 Å². The van der Waals surface area contributed by atoms with Crippen LogP contribution in [-0.4, -0.2) is 5.11 Å². The maximum atomic E-state index is 9.67. The Balaban J connectivity index is 2.21. The third-order valence-corrected chi connectivity index (χ3v) is 3.47. The molecule has 0 aliphatic rings. The summed E-state index contributed by atoms with van der Waals surface area (Å²) in [6, 6.07) is 16.1. The highest BCUT2D eigenvalue weighted by Gasteiger charge is 2.05. The fourth-order valence-corrected chi connectivity index (χ4v) is 2.25. The summed E-state index contributed by atoms with van der Waals surface area (Å²) in [4.78, 5) is 0. The van der Waals surface area contributed by atoms with Gasteiger partial charge in [-0.15, -0.1) is 0 Å². The van der Waals surface area contributed by atoms with Gasteiger partial charge in [0.15, 0.2) is 0 Å². The first-order valence-corrected chi connectivity index (χ1v) is 6.70. The van der Waals surface area contributed by atoms with Gasteiger partial charge in [0.2, 0.25) is 0 Å². The molecule has 0 radical (unpaired) electrons. The van der Waals surface area contributed by atoms with Gasteiger partial charge in [0.05, 0.1) is 0 Å². The second-order valence-electron chi connectivity index (χ2n) is 4.80. The molecule has 0 amide bonds. The second-order valence-corrected chi connectivity index (χ2v) is 4.80. The summed E-state index contributed by atoms with van der Waals surface area (Å²) in [5, 5.41) is 9.67. The normalized spacial score (nSPS) is 11.6. The summed E-state index contributed by atoms with van der Waals surface area (Å²) in [5.41, 5.74) is 5.02. The van der Waals surface area contributed by atoms with Gasteiger partial charge in [-0.3, -0.25) is 0 Å². The molecule has 0 spiro atoms. The lowest BCUT2D eigenvalue weighted by Crippen LogP contribution is -1.96. The standard InChI is InChI=1S/C18H20O/c1-3-14(2)18-12-11-17(19)13-16(18)10-9-15-7-5-4-6-8-15/h3-8,11-13,19H,9-10H2,1-2H3. The van der Waals surface area contributed by atoms with Crippen molar-refractivity contribution in [3.05, 3.63) is 71.3 Å². The van der Waals surface area contributed by atoms with Crippen molar-refractivity contribution < 1.29 is 5.11 Å². The van der Waals surface area contributed by atoms with Crippen molar-refractivity contribution in [1.29, 1.82) is 0 Å². The molecular formula is C18H20O. The first-order chi connectivity index (χ1) is 9.20. The lowest BCUT2D eigenvalue weighted by molar-refractivity contribution is 0.474. The Morgan fingerprint density at radius 3 is 2.47 bits per heavy atom. The highest BCUT2D eigenvalue weighted by Crippen LogP contribution is 2.24. The second kappa shape index (κ2) is 6.24. The topological polar surface area (TPSA) is 20.2 Å². The van der Waals surface area contributed by atoms with Gasteiger partial charge in [-0.2, -0.15) is 0 Å². The highest BCUT2D eigenvalue weighted by molar-refractivity contribution is 5.67. The number of allylic oxidation sites excluding steroid dienone is 2. The number of hydrogen-bond acceptors (Lipinski definition) is 1. The lowest BCUT2D eigenvalue weighted by atomic mass is 9.95. The molecule has 98 valence electrons. The molecule has 0 atom stereocenters. The predicted molar refractivity (Wildman–Crippen MR) is 81.3 cm³/mol. The van der Waals surface area contributed by atoms with Crippen LogP contribution in [0.1, 0.15) is 30.5 Å². The minimum absolute atomic E-state index is 0.343. The van der Waals surface area contributed by atoms with E-state index in [1.54, 1.807) is 6.07 Å². The maximum Gasteiger partial charge on any atom is 0.115 e. The first-order valence-electron chi connectivity index (χ1n) is 6.70. The molecule has 0 saturated carbocycles.